The van der Waals surface area contributed by atoms with Crippen LogP contribution < -0.4 is 5.32 Å². The number of halogens is 1. The molecule has 0 aliphatic rings. The van der Waals surface area contributed by atoms with Gasteiger partial charge in [0, 0.05) is 16.5 Å². The highest BCUT2D eigenvalue weighted by Crippen LogP contribution is 2.35. The van der Waals surface area contributed by atoms with Crippen LogP contribution in [0.25, 0.3) is 0 Å². The normalized spacial score (nSPS) is 12.6. The van der Waals surface area contributed by atoms with E-state index >= 15 is 0 Å². The molecule has 0 amide bonds. The second kappa shape index (κ2) is 6.98. The predicted molar refractivity (Wildman–Crippen MR) is 77.1 cm³/mol. The zero-order valence-electron chi connectivity index (χ0n) is 10.9. The van der Waals surface area contributed by atoms with Crippen LogP contribution in [0.4, 0.5) is 4.39 Å². The molecule has 1 N–H and O–H groups in total. The summed E-state index contributed by atoms with van der Waals surface area (Å²) < 4.78 is 14.9. The van der Waals surface area contributed by atoms with E-state index in [-0.39, 0.29) is 11.9 Å². The third-order valence-corrected chi connectivity index (χ3v) is 4.54. The topological polar surface area (TPSA) is 37.8 Å². The number of nitrogens with zero attached hydrogens (tertiary/aromatic N) is 2. The van der Waals surface area contributed by atoms with Gasteiger partial charge in [0.25, 0.3) is 0 Å². The molecule has 0 spiro atoms. The Hall–Kier alpha value is -0.980. The third-order valence-electron chi connectivity index (χ3n) is 2.68. The van der Waals surface area contributed by atoms with Gasteiger partial charge in [-0.25, -0.2) is 4.39 Å². The van der Waals surface area contributed by atoms with Crippen LogP contribution in [0.3, 0.4) is 0 Å². The third kappa shape index (κ3) is 3.75. The lowest BCUT2D eigenvalue weighted by Gasteiger charge is -2.17. The van der Waals surface area contributed by atoms with Gasteiger partial charge in [-0.1, -0.05) is 36.1 Å². The van der Waals surface area contributed by atoms with Crippen LogP contribution in [-0.4, -0.2) is 16.7 Å². The smallest absolute Gasteiger partial charge is 0.178 e. The Labute approximate surface area is 120 Å². The highest BCUT2D eigenvalue weighted by Gasteiger charge is 2.16. The summed E-state index contributed by atoms with van der Waals surface area (Å²) in [6.45, 7) is 4.95. The lowest BCUT2D eigenvalue weighted by atomic mass is 10.1. The highest BCUT2D eigenvalue weighted by molar-refractivity contribution is 8.01. The number of hydrogen-bond acceptors (Lipinski definition) is 5. The Morgan fingerprint density at radius 1 is 1.47 bits per heavy atom. The number of nitrogens with one attached hydrogen (secondary N) is 1. The SMILES string of the molecule is CCCNC(C)c1c(F)cccc1Sc1nncs1. The van der Waals surface area contributed by atoms with E-state index in [0.717, 1.165) is 22.2 Å². The van der Waals surface area contributed by atoms with Crippen molar-refractivity contribution in [3.63, 3.8) is 0 Å². The summed E-state index contributed by atoms with van der Waals surface area (Å²) in [5.74, 6) is -0.175. The highest BCUT2D eigenvalue weighted by atomic mass is 32.2. The first kappa shape index (κ1) is 14.4. The zero-order chi connectivity index (χ0) is 13.7. The Kier molecular flexibility index (Phi) is 5.30. The molecule has 2 aromatic rings. The van der Waals surface area contributed by atoms with Gasteiger partial charge in [0.05, 0.1) is 0 Å². The zero-order valence-corrected chi connectivity index (χ0v) is 12.5. The Morgan fingerprint density at radius 3 is 3.00 bits per heavy atom. The molecule has 0 saturated carbocycles. The molecule has 2 rings (SSSR count). The van der Waals surface area contributed by atoms with Gasteiger partial charge in [-0.05, 0) is 32.0 Å². The molecule has 1 atom stereocenters. The fourth-order valence-corrected chi connectivity index (χ4v) is 3.47. The van der Waals surface area contributed by atoms with Crippen molar-refractivity contribution in [2.24, 2.45) is 0 Å². The van der Waals surface area contributed by atoms with Gasteiger partial charge in [-0.15, -0.1) is 10.2 Å². The van der Waals surface area contributed by atoms with Crippen LogP contribution in [0.2, 0.25) is 0 Å². The fraction of sp³-hybridized carbons (Fsp3) is 0.385. The second-order valence-corrected chi connectivity index (χ2v) is 6.26. The Balaban J connectivity index is 2.25. The van der Waals surface area contributed by atoms with E-state index in [1.54, 1.807) is 11.6 Å². The summed E-state index contributed by atoms with van der Waals surface area (Å²) in [4.78, 5) is 0.896. The van der Waals surface area contributed by atoms with Crippen molar-refractivity contribution in [2.75, 3.05) is 6.54 Å². The van der Waals surface area contributed by atoms with Crippen LogP contribution in [0.1, 0.15) is 31.9 Å². The summed E-state index contributed by atoms with van der Waals surface area (Å²) in [7, 11) is 0. The van der Waals surface area contributed by atoms with Gasteiger partial charge < -0.3 is 5.32 Å². The first-order valence-electron chi connectivity index (χ1n) is 6.18. The van der Waals surface area contributed by atoms with Gasteiger partial charge in [0.1, 0.15) is 11.3 Å². The van der Waals surface area contributed by atoms with Gasteiger partial charge in [0.15, 0.2) is 4.34 Å². The van der Waals surface area contributed by atoms with Crippen LogP contribution in [0, 0.1) is 5.82 Å². The summed E-state index contributed by atoms with van der Waals surface area (Å²) in [6.07, 6.45) is 1.03. The first-order chi connectivity index (χ1) is 9.22. The maximum absolute atomic E-state index is 14.1. The molecule has 0 aliphatic heterocycles. The molecule has 1 heterocycles. The summed E-state index contributed by atoms with van der Waals surface area (Å²) in [6, 6.07) is 5.14. The summed E-state index contributed by atoms with van der Waals surface area (Å²) in [5, 5.41) is 11.1. The van der Waals surface area contributed by atoms with Crippen LogP contribution in [0.15, 0.2) is 32.9 Å². The molecule has 1 unspecified atom stereocenters. The van der Waals surface area contributed by atoms with E-state index in [2.05, 4.69) is 22.4 Å². The van der Waals surface area contributed by atoms with Crippen molar-refractivity contribution < 1.29 is 4.39 Å². The second-order valence-electron chi connectivity index (χ2n) is 4.13. The van der Waals surface area contributed by atoms with E-state index in [9.17, 15) is 4.39 Å². The Morgan fingerprint density at radius 2 is 2.32 bits per heavy atom. The molecular formula is C13H16FN3S2. The van der Waals surface area contributed by atoms with E-state index < -0.39 is 0 Å². The minimum Gasteiger partial charge on any atom is -0.310 e. The van der Waals surface area contributed by atoms with Crippen molar-refractivity contribution in [3.8, 4) is 0 Å². The minimum absolute atomic E-state index is 0.0171. The average Bonchev–Trinajstić information content (AvgIpc) is 2.89. The monoisotopic (exact) mass is 297 g/mol. The Bertz CT molecular complexity index is 517. The number of aromatic nitrogens is 2. The molecule has 6 heteroatoms. The predicted octanol–water partition coefficient (Wildman–Crippen LogP) is 3.89. The molecule has 0 fully saturated rings. The lowest BCUT2D eigenvalue weighted by Crippen LogP contribution is -2.20. The van der Waals surface area contributed by atoms with E-state index in [1.165, 1.54) is 29.2 Å². The van der Waals surface area contributed by atoms with E-state index in [4.69, 9.17) is 0 Å². The molecule has 102 valence electrons. The van der Waals surface area contributed by atoms with Gasteiger partial charge in [-0.3, -0.25) is 0 Å². The van der Waals surface area contributed by atoms with Crippen LogP contribution in [-0.2, 0) is 0 Å². The van der Waals surface area contributed by atoms with Gasteiger partial charge >= 0.3 is 0 Å². The minimum atomic E-state index is -0.175. The molecule has 0 saturated heterocycles. The van der Waals surface area contributed by atoms with Gasteiger partial charge in [0.2, 0.25) is 0 Å². The molecule has 0 aliphatic carbocycles. The largest absolute Gasteiger partial charge is 0.310 e. The van der Waals surface area contributed by atoms with Crippen LogP contribution in [0.5, 0.6) is 0 Å². The van der Waals surface area contributed by atoms with Crippen LogP contribution >= 0.6 is 23.1 Å². The van der Waals surface area contributed by atoms with Crippen molar-refractivity contribution in [2.45, 2.75) is 35.5 Å². The fourth-order valence-electron chi connectivity index (χ4n) is 1.79. The summed E-state index contributed by atoms with van der Waals surface area (Å²) >= 11 is 2.92. The lowest BCUT2D eigenvalue weighted by molar-refractivity contribution is 0.519. The molecular weight excluding hydrogens is 281 g/mol. The van der Waals surface area contributed by atoms with E-state index in [1.807, 2.05) is 13.0 Å². The molecule has 19 heavy (non-hydrogen) atoms. The van der Waals surface area contributed by atoms with Crippen molar-refractivity contribution in [1.82, 2.24) is 15.5 Å². The maximum Gasteiger partial charge on any atom is 0.178 e. The van der Waals surface area contributed by atoms with E-state index in [0.29, 0.717) is 5.56 Å². The number of hydrogen-bond donors (Lipinski definition) is 1. The summed E-state index contributed by atoms with van der Waals surface area (Å²) in [5.41, 5.74) is 2.39. The molecule has 0 radical (unpaired) electrons. The quantitative estimate of drug-likeness (QED) is 0.878. The molecule has 1 aromatic heterocycles. The van der Waals surface area contributed by atoms with Crippen molar-refractivity contribution >= 4 is 23.1 Å². The first-order valence-corrected chi connectivity index (χ1v) is 7.87. The average molecular weight is 297 g/mol. The number of benzene rings is 1. The standard InChI is InChI=1S/C13H16FN3S2/c1-3-7-15-9(2)12-10(14)5-4-6-11(12)19-13-17-16-8-18-13/h4-6,8-9,15H,3,7H2,1-2H3. The number of rotatable bonds is 6. The van der Waals surface area contributed by atoms with Crippen molar-refractivity contribution in [3.05, 3.63) is 35.1 Å². The molecule has 0 bridgehead atoms. The molecule has 1 aromatic carbocycles. The molecule has 3 nitrogen and oxygen atoms in total. The maximum atomic E-state index is 14.1. The van der Waals surface area contributed by atoms with Gasteiger partial charge in [-0.2, -0.15) is 0 Å². The van der Waals surface area contributed by atoms with Crippen molar-refractivity contribution in [1.29, 1.82) is 0 Å².